The molecule has 1 atom stereocenters. The highest BCUT2D eigenvalue weighted by Crippen LogP contribution is 2.24. The molecule has 0 fully saturated rings. The average Bonchev–Trinajstić information content (AvgIpc) is 3.08. The molecule has 1 aliphatic rings. The fourth-order valence-corrected chi connectivity index (χ4v) is 5.12. The van der Waals surface area contributed by atoms with Gasteiger partial charge in [0.2, 0.25) is 0 Å². The first kappa shape index (κ1) is 25.1. The van der Waals surface area contributed by atoms with Crippen LogP contribution in [0.25, 0.3) is 0 Å². The van der Waals surface area contributed by atoms with Gasteiger partial charge in [-0.3, -0.25) is 9.69 Å². The number of rotatable bonds is 7. The van der Waals surface area contributed by atoms with Gasteiger partial charge in [-0.2, -0.15) is 0 Å². The Morgan fingerprint density at radius 2 is 1.69 bits per heavy atom. The summed E-state index contributed by atoms with van der Waals surface area (Å²) in [5.74, 6) is 2.25. The second-order valence-electron chi connectivity index (χ2n) is 10.6. The molecule has 0 saturated heterocycles. The minimum Gasteiger partial charge on any atom is -0.342 e. The van der Waals surface area contributed by atoms with E-state index in [1.165, 1.54) is 16.7 Å². The summed E-state index contributed by atoms with van der Waals surface area (Å²) in [4.78, 5) is 15.7. The lowest BCUT2D eigenvalue weighted by molar-refractivity contribution is 0.0928. The molecule has 0 bridgehead atoms. The monoisotopic (exact) mass is 473 g/mol. The second-order valence-corrected chi connectivity index (χ2v) is 10.6. The van der Waals surface area contributed by atoms with E-state index in [4.69, 9.17) is 0 Å². The first-order valence-corrected chi connectivity index (χ1v) is 12.8. The van der Waals surface area contributed by atoms with Crippen LogP contribution in [0.2, 0.25) is 0 Å². The number of nitrogens with zero attached hydrogens (tertiary/aromatic N) is 4. The minimum atomic E-state index is -0.171. The summed E-state index contributed by atoms with van der Waals surface area (Å²) in [6, 6.07) is 12.5. The number of carbonyl (C=O) groups is 1. The number of fused-ring (bicyclic) bond motifs is 1. The van der Waals surface area contributed by atoms with Gasteiger partial charge in [-0.1, -0.05) is 54.8 Å². The van der Waals surface area contributed by atoms with Gasteiger partial charge in [0.25, 0.3) is 5.91 Å². The molecule has 1 N–H and O–H groups in total. The van der Waals surface area contributed by atoms with Crippen molar-refractivity contribution in [1.82, 2.24) is 25.0 Å². The highest BCUT2D eigenvalue weighted by Gasteiger charge is 2.26. The van der Waals surface area contributed by atoms with Gasteiger partial charge in [0.1, 0.15) is 5.82 Å². The first-order chi connectivity index (χ1) is 16.7. The highest BCUT2D eigenvalue weighted by atomic mass is 16.1. The van der Waals surface area contributed by atoms with Crippen LogP contribution in [0.3, 0.4) is 0 Å². The Kier molecular flexibility index (Phi) is 7.70. The van der Waals surface area contributed by atoms with Gasteiger partial charge in [0.05, 0.1) is 6.04 Å². The van der Waals surface area contributed by atoms with Gasteiger partial charge in [-0.25, -0.2) is 0 Å². The molecule has 4 rings (SSSR count). The smallest absolute Gasteiger partial charge is 0.251 e. The van der Waals surface area contributed by atoms with Gasteiger partial charge in [-0.05, 0) is 63.3 Å². The van der Waals surface area contributed by atoms with Crippen LogP contribution in [0.5, 0.6) is 0 Å². The summed E-state index contributed by atoms with van der Waals surface area (Å²) in [6.45, 7) is 16.4. The number of benzene rings is 2. The van der Waals surface area contributed by atoms with Crippen molar-refractivity contribution in [1.29, 1.82) is 0 Å². The van der Waals surface area contributed by atoms with Crippen LogP contribution in [0.4, 0.5) is 0 Å². The Morgan fingerprint density at radius 1 is 0.943 bits per heavy atom. The third kappa shape index (κ3) is 6.17. The predicted octanol–water partition coefficient (Wildman–Crippen LogP) is 5.09. The Bertz CT molecular complexity index is 1180. The topological polar surface area (TPSA) is 63.1 Å². The molecular weight excluding hydrogens is 434 g/mol. The Hall–Kier alpha value is -2.99. The predicted molar refractivity (Wildman–Crippen MR) is 140 cm³/mol. The molecule has 6 heteroatoms. The molecule has 1 aromatic heterocycles. The van der Waals surface area contributed by atoms with Crippen LogP contribution >= 0.6 is 0 Å². The fourth-order valence-electron chi connectivity index (χ4n) is 5.12. The standard InChI is InChI=1S/C29H39N5O/c1-19(2)13-26(30-29(35)25-16-21(4)14-22(5)17-25)28-32-31-27-9-10-33(11-12-34(27)28)18-24-8-7-20(3)15-23(24)6/h7-8,14-17,19,26H,9-13,18H2,1-6H3,(H,30,35)/t26-/m1/s1. The van der Waals surface area contributed by atoms with Crippen molar-refractivity contribution in [2.24, 2.45) is 5.92 Å². The maximum atomic E-state index is 13.2. The summed E-state index contributed by atoms with van der Waals surface area (Å²) in [6.07, 6.45) is 1.68. The van der Waals surface area contributed by atoms with Crippen LogP contribution < -0.4 is 5.32 Å². The molecule has 2 heterocycles. The van der Waals surface area contributed by atoms with Crippen molar-refractivity contribution in [3.8, 4) is 0 Å². The molecule has 186 valence electrons. The molecule has 1 amide bonds. The number of aromatic nitrogens is 3. The third-order valence-corrected chi connectivity index (χ3v) is 6.85. The van der Waals surface area contributed by atoms with E-state index in [9.17, 15) is 4.79 Å². The van der Waals surface area contributed by atoms with E-state index in [1.54, 1.807) is 0 Å². The molecule has 1 aliphatic heterocycles. The molecule has 3 aromatic rings. The normalized spacial score (nSPS) is 15.1. The van der Waals surface area contributed by atoms with Crippen molar-refractivity contribution in [3.63, 3.8) is 0 Å². The van der Waals surface area contributed by atoms with Crippen molar-refractivity contribution in [2.45, 2.75) is 73.5 Å². The van der Waals surface area contributed by atoms with Gasteiger partial charge in [-0.15, -0.1) is 10.2 Å². The average molecular weight is 474 g/mol. The lowest BCUT2D eigenvalue weighted by Gasteiger charge is -2.23. The van der Waals surface area contributed by atoms with Crippen LogP contribution in [-0.4, -0.2) is 38.7 Å². The van der Waals surface area contributed by atoms with E-state index < -0.39 is 0 Å². The van der Waals surface area contributed by atoms with Crippen molar-refractivity contribution in [2.75, 3.05) is 13.1 Å². The van der Waals surface area contributed by atoms with Gasteiger partial charge < -0.3 is 9.88 Å². The summed E-state index contributed by atoms with van der Waals surface area (Å²) >= 11 is 0. The number of carbonyl (C=O) groups excluding carboxylic acids is 1. The first-order valence-electron chi connectivity index (χ1n) is 12.8. The maximum Gasteiger partial charge on any atom is 0.251 e. The summed E-state index contributed by atoms with van der Waals surface area (Å²) < 4.78 is 2.25. The molecule has 0 radical (unpaired) electrons. The minimum absolute atomic E-state index is 0.0510. The SMILES string of the molecule is Cc1cc(C)cc(C(=O)N[C@H](CC(C)C)c2nnc3n2CCN(Cc2ccc(C)cc2C)CC3)c1. The van der Waals surface area contributed by atoms with Crippen LogP contribution in [0, 0.1) is 33.6 Å². The van der Waals surface area contributed by atoms with Crippen LogP contribution in [-0.2, 0) is 19.5 Å². The van der Waals surface area contributed by atoms with Gasteiger partial charge in [0, 0.05) is 38.2 Å². The van der Waals surface area contributed by atoms with E-state index in [0.717, 1.165) is 61.8 Å². The highest BCUT2D eigenvalue weighted by molar-refractivity contribution is 5.94. The Morgan fingerprint density at radius 3 is 2.37 bits per heavy atom. The molecule has 0 spiro atoms. The van der Waals surface area contributed by atoms with Crippen molar-refractivity contribution in [3.05, 3.63) is 81.4 Å². The molecular formula is C29H39N5O. The molecule has 2 aromatic carbocycles. The largest absolute Gasteiger partial charge is 0.342 e. The fraction of sp³-hybridized carbons (Fsp3) is 0.483. The molecule has 35 heavy (non-hydrogen) atoms. The Labute approximate surface area is 209 Å². The van der Waals surface area contributed by atoms with E-state index in [-0.39, 0.29) is 11.9 Å². The summed E-state index contributed by atoms with van der Waals surface area (Å²) in [5.41, 5.74) is 6.92. The summed E-state index contributed by atoms with van der Waals surface area (Å²) in [7, 11) is 0. The zero-order chi connectivity index (χ0) is 25.1. The van der Waals surface area contributed by atoms with Crippen molar-refractivity contribution >= 4 is 5.91 Å². The Balaban J connectivity index is 1.51. The zero-order valence-electron chi connectivity index (χ0n) is 22.1. The van der Waals surface area contributed by atoms with Crippen molar-refractivity contribution < 1.29 is 4.79 Å². The van der Waals surface area contributed by atoms with Crippen LogP contribution in [0.15, 0.2) is 36.4 Å². The van der Waals surface area contributed by atoms with Gasteiger partial charge >= 0.3 is 0 Å². The van der Waals surface area contributed by atoms with E-state index >= 15 is 0 Å². The third-order valence-electron chi connectivity index (χ3n) is 6.85. The van der Waals surface area contributed by atoms with E-state index in [2.05, 4.69) is 76.9 Å². The number of amides is 1. The van der Waals surface area contributed by atoms with Crippen LogP contribution in [0.1, 0.15) is 76.1 Å². The molecule has 0 saturated carbocycles. The number of aryl methyl sites for hydroxylation is 4. The zero-order valence-corrected chi connectivity index (χ0v) is 22.1. The number of nitrogens with one attached hydrogen (secondary N) is 1. The lowest BCUT2D eigenvalue weighted by Crippen LogP contribution is -2.32. The maximum absolute atomic E-state index is 13.2. The summed E-state index contributed by atoms with van der Waals surface area (Å²) in [5, 5.41) is 12.4. The molecule has 6 nitrogen and oxygen atoms in total. The quantitative estimate of drug-likeness (QED) is 0.519. The van der Waals surface area contributed by atoms with Gasteiger partial charge in [0.15, 0.2) is 5.82 Å². The van der Waals surface area contributed by atoms with E-state index in [0.29, 0.717) is 11.5 Å². The molecule has 0 unspecified atom stereocenters. The second kappa shape index (κ2) is 10.7. The molecule has 0 aliphatic carbocycles. The van der Waals surface area contributed by atoms with E-state index in [1.807, 2.05) is 26.0 Å². The lowest BCUT2D eigenvalue weighted by atomic mass is 10.0. The number of hydrogen-bond acceptors (Lipinski definition) is 4. The number of hydrogen-bond donors (Lipinski definition) is 1.